The second-order valence-electron chi connectivity index (χ2n) is 6.92. The van der Waals surface area contributed by atoms with Gasteiger partial charge >= 0.3 is 5.97 Å². The van der Waals surface area contributed by atoms with Gasteiger partial charge in [-0.25, -0.2) is 9.78 Å². The van der Waals surface area contributed by atoms with Gasteiger partial charge in [0.2, 0.25) is 0 Å². The predicted octanol–water partition coefficient (Wildman–Crippen LogP) is 4.20. The maximum atomic E-state index is 11.9. The van der Waals surface area contributed by atoms with Crippen molar-refractivity contribution >= 4 is 17.0 Å². The molecule has 0 spiro atoms. The van der Waals surface area contributed by atoms with Crippen molar-refractivity contribution in [2.24, 2.45) is 5.92 Å². The Kier molecular flexibility index (Phi) is 3.71. The van der Waals surface area contributed by atoms with Gasteiger partial charge in [-0.2, -0.15) is 0 Å². The van der Waals surface area contributed by atoms with Crippen molar-refractivity contribution in [2.75, 3.05) is 0 Å². The van der Waals surface area contributed by atoms with Gasteiger partial charge in [0.15, 0.2) is 0 Å². The van der Waals surface area contributed by atoms with Crippen LogP contribution in [-0.2, 0) is 4.79 Å². The summed E-state index contributed by atoms with van der Waals surface area (Å²) in [4.78, 5) is 16.7. The minimum atomic E-state index is -0.770. The molecule has 1 aliphatic rings. The summed E-state index contributed by atoms with van der Waals surface area (Å²) in [6.45, 7) is 8.08. The molecule has 1 saturated carbocycles. The first-order chi connectivity index (χ1) is 10.4. The van der Waals surface area contributed by atoms with Gasteiger partial charge in [0.05, 0.1) is 11.0 Å². The number of benzene rings is 1. The summed E-state index contributed by atoms with van der Waals surface area (Å²) in [5.74, 6) is 0.629. The van der Waals surface area contributed by atoms with E-state index in [1.807, 2.05) is 18.4 Å². The minimum Gasteiger partial charge on any atom is -0.480 e. The molecule has 1 unspecified atom stereocenters. The molecule has 0 radical (unpaired) electrons. The summed E-state index contributed by atoms with van der Waals surface area (Å²) >= 11 is 0. The Morgan fingerprint density at radius 1 is 1.27 bits per heavy atom. The first-order valence-corrected chi connectivity index (χ1v) is 8.12. The number of nitrogens with zero attached hydrogens (tertiary/aromatic N) is 2. The number of rotatable bonds is 4. The molecule has 3 rings (SSSR count). The van der Waals surface area contributed by atoms with Gasteiger partial charge in [-0.3, -0.25) is 0 Å². The normalized spacial score (nSPS) is 17.0. The fourth-order valence-electron chi connectivity index (χ4n) is 3.31. The Bertz CT molecular complexity index is 726. The molecule has 4 heteroatoms. The van der Waals surface area contributed by atoms with Crippen molar-refractivity contribution in [3.05, 3.63) is 29.1 Å². The Hall–Kier alpha value is -1.84. The third-order valence-electron chi connectivity index (χ3n) is 4.97. The molecule has 1 heterocycles. The van der Waals surface area contributed by atoms with Crippen LogP contribution in [-0.4, -0.2) is 20.6 Å². The van der Waals surface area contributed by atoms with Crippen LogP contribution in [0.3, 0.4) is 0 Å². The molecule has 2 aromatic rings. The van der Waals surface area contributed by atoms with E-state index in [4.69, 9.17) is 4.98 Å². The van der Waals surface area contributed by atoms with Crippen LogP contribution in [0.5, 0.6) is 0 Å². The highest BCUT2D eigenvalue weighted by Crippen LogP contribution is 2.40. The first-order valence-electron chi connectivity index (χ1n) is 8.12. The Morgan fingerprint density at radius 3 is 2.41 bits per heavy atom. The van der Waals surface area contributed by atoms with E-state index in [-0.39, 0.29) is 5.92 Å². The number of carboxylic acids is 1. The fourth-order valence-corrected chi connectivity index (χ4v) is 3.31. The molecule has 1 atom stereocenters. The molecule has 1 aromatic carbocycles. The molecule has 1 aromatic heterocycles. The lowest BCUT2D eigenvalue weighted by Crippen LogP contribution is -2.28. The van der Waals surface area contributed by atoms with E-state index in [1.165, 1.54) is 17.5 Å². The molecule has 0 amide bonds. The molecular formula is C18H24N2O2. The van der Waals surface area contributed by atoms with E-state index in [1.54, 1.807) is 0 Å². The second kappa shape index (κ2) is 5.41. The van der Waals surface area contributed by atoms with Crippen LogP contribution in [0.4, 0.5) is 0 Å². The third-order valence-corrected chi connectivity index (χ3v) is 4.97. The molecule has 1 fully saturated rings. The molecule has 1 N–H and O–H groups in total. The van der Waals surface area contributed by atoms with Crippen LogP contribution in [0, 0.1) is 19.8 Å². The molecule has 1 aliphatic carbocycles. The maximum absolute atomic E-state index is 11.9. The van der Waals surface area contributed by atoms with Gasteiger partial charge in [0.25, 0.3) is 0 Å². The number of aliphatic carboxylic acids is 1. The summed E-state index contributed by atoms with van der Waals surface area (Å²) in [5.41, 5.74) is 4.28. The number of fused-ring (bicyclic) bond motifs is 1. The SMILES string of the molecule is Cc1cc2nc(C3CCC3)n(C(C(=O)O)C(C)C)c2cc1C. The zero-order chi connectivity index (χ0) is 16.0. The Labute approximate surface area is 131 Å². The predicted molar refractivity (Wildman–Crippen MR) is 87.3 cm³/mol. The number of hydrogen-bond donors (Lipinski definition) is 1. The topological polar surface area (TPSA) is 55.1 Å². The molecule has 0 aliphatic heterocycles. The van der Waals surface area contributed by atoms with Crippen LogP contribution in [0.1, 0.15) is 62.0 Å². The highest BCUT2D eigenvalue weighted by atomic mass is 16.4. The number of carboxylic acid groups (broad SMARTS) is 1. The van der Waals surface area contributed by atoms with E-state index in [2.05, 4.69) is 26.0 Å². The first kappa shape index (κ1) is 15.1. The van der Waals surface area contributed by atoms with Gasteiger partial charge < -0.3 is 9.67 Å². The zero-order valence-corrected chi connectivity index (χ0v) is 13.8. The van der Waals surface area contributed by atoms with Gasteiger partial charge in [0.1, 0.15) is 11.9 Å². The molecule has 0 bridgehead atoms. The van der Waals surface area contributed by atoms with Gasteiger partial charge in [-0.05, 0) is 55.9 Å². The van der Waals surface area contributed by atoms with Crippen molar-refractivity contribution < 1.29 is 9.90 Å². The van der Waals surface area contributed by atoms with E-state index in [9.17, 15) is 9.90 Å². The Morgan fingerprint density at radius 2 is 1.91 bits per heavy atom. The molecule has 118 valence electrons. The third kappa shape index (κ3) is 2.31. The molecule has 0 saturated heterocycles. The van der Waals surface area contributed by atoms with E-state index in [0.717, 1.165) is 29.7 Å². The van der Waals surface area contributed by atoms with E-state index >= 15 is 0 Å². The van der Waals surface area contributed by atoms with Crippen LogP contribution in [0.2, 0.25) is 0 Å². The van der Waals surface area contributed by atoms with Crippen molar-refractivity contribution in [3.8, 4) is 0 Å². The highest BCUT2D eigenvalue weighted by Gasteiger charge is 2.33. The number of hydrogen-bond acceptors (Lipinski definition) is 2. The lowest BCUT2D eigenvalue weighted by molar-refractivity contribution is -0.142. The van der Waals surface area contributed by atoms with Crippen molar-refractivity contribution in [2.45, 2.75) is 58.9 Å². The maximum Gasteiger partial charge on any atom is 0.327 e. The number of aryl methyl sites for hydroxylation is 2. The number of imidazole rings is 1. The van der Waals surface area contributed by atoms with Crippen LogP contribution in [0.25, 0.3) is 11.0 Å². The second-order valence-corrected chi connectivity index (χ2v) is 6.92. The van der Waals surface area contributed by atoms with Gasteiger partial charge in [-0.15, -0.1) is 0 Å². The standard InChI is InChI=1S/C18H24N2O2/c1-10(2)16(18(21)22)20-15-9-12(4)11(3)8-14(15)19-17(20)13-6-5-7-13/h8-10,13,16H,5-7H2,1-4H3,(H,21,22). The van der Waals surface area contributed by atoms with E-state index in [0.29, 0.717) is 5.92 Å². The number of aromatic nitrogens is 2. The fraction of sp³-hybridized carbons (Fsp3) is 0.556. The average Bonchev–Trinajstić information content (AvgIpc) is 2.66. The lowest BCUT2D eigenvalue weighted by atomic mass is 9.84. The van der Waals surface area contributed by atoms with E-state index < -0.39 is 12.0 Å². The summed E-state index contributed by atoms with van der Waals surface area (Å²) in [6.07, 6.45) is 3.45. The van der Waals surface area contributed by atoms with Gasteiger partial charge in [-0.1, -0.05) is 20.3 Å². The smallest absolute Gasteiger partial charge is 0.327 e. The van der Waals surface area contributed by atoms with Crippen LogP contribution < -0.4 is 0 Å². The lowest BCUT2D eigenvalue weighted by Gasteiger charge is -2.29. The minimum absolute atomic E-state index is 0.0235. The number of carbonyl (C=O) groups is 1. The largest absolute Gasteiger partial charge is 0.480 e. The summed E-state index contributed by atoms with van der Waals surface area (Å²) in [6, 6.07) is 3.63. The van der Waals surface area contributed by atoms with Crippen molar-refractivity contribution in [3.63, 3.8) is 0 Å². The van der Waals surface area contributed by atoms with Crippen molar-refractivity contribution in [1.29, 1.82) is 0 Å². The molecule has 22 heavy (non-hydrogen) atoms. The summed E-state index contributed by atoms with van der Waals surface area (Å²) < 4.78 is 2.00. The average molecular weight is 300 g/mol. The van der Waals surface area contributed by atoms with Crippen molar-refractivity contribution in [1.82, 2.24) is 9.55 Å². The summed E-state index contributed by atoms with van der Waals surface area (Å²) in [5, 5.41) is 9.75. The quantitative estimate of drug-likeness (QED) is 0.920. The van der Waals surface area contributed by atoms with Gasteiger partial charge in [0, 0.05) is 5.92 Å². The molecule has 4 nitrogen and oxygen atoms in total. The monoisotopic (exact) mass is 300 g/mol. The molecular weight excluding hydrogens is 276 g/mol. The Balaban J connectivity index is 2.27. The highest BCUT2D eigenvalue weighted by molar-refractivity contribution is 5.82. The van der Waals surface area contributed by atoms with Crippen LogP contribution >= 0.6 is 0 Å². The summed E-state index contributed by atoms with van der Waals surface area (Å²) in [7, 11) is 0. The zero-order valence-electron chi connectivity index (χ0n) is 13.8. The van der Waals surface area contributed by atoms with Crippen LogP contribution in [0.15, 0.2) is 12.1 Å².